The second kappa shape index (κ2) is 4.59. The van der Waals surface area contributed by atoms with Gasteiger partial charge in [0.1, 0.15) is 5.75 Å². The van der Waals surface area contributed by atoms with Gasteiger partial charge in [0.25, 0.3) is 0 Å². The fourth-order valence-corrected chi connectivity index (χ4v) is 4.28. The van der Waals surface area contributed by atoms with Crippen LogP contribution in [0.25, 0.3) is 0 Å². The van der Waals surface area contributed by atoms with Crippen LogP contribution in [0.4, 0.5) is 5.69 Å². The summed E-state index contributed by atoms with van der Waals surface area (Å²) in [6, 6.07) is 3.42. The molecule has 1 aliphatic heterocycles. The summed E-state index contributed by atoms with van der Waals surface area (Å²) in [5.74, 6) is 0.245. The molecule has 4 atom stereocenters. The first-order valence-corrected chi connectivity index (χ1v) is 7.81. The highest BCUT2D eigenvalue weighted by Crippen LogP contribution is 2.54. The molecule has 1 aromatic carbocycles. The number of imide groups is 1. The molecule has 2 amide bonds. The van der Waals surface area contributed by atoms with Crippen LogP contribution < -0.4 is 9.64 Å². The van der Waals surface area contributed by atoms with Gasteiger partial charge in [-0.3, -0.25) is 9.59 Å². The smallest absolute Gasteiger partial charge is 0.238 e. The third kappa shape index (κ3) is 1.64. The number of fused-ring (bicyclic) bond motifs is 5. The summed E-state index contributed by atoms with van der Waals surface area (Å²) in [5.41, 5.74) is 1.32. The number of methoxy groups -OCH3 is 1. The highest BCUT2D eigenvalue weighted by Gasteiger charge is 2.59. The van der Waals surface area contributed by atoms with Crippen LogP contribution in [-0.4, -0.2) is 18.9 Å². The van der Waals surface area contributed by atoms with Crippen LogP contribution in [-0.2, 0) is 9.59 Å². The lowest BCUT2D eigenvalue weighted by atomic mass is 9.85. The van der Waals surface area contributed by atoms with E-state index in [4.69, 9.17) is 16.3 Å². The van der Waals surface area contributed by atoms with Gasteiger partial charge in [0.05, 0.1) is 24.6 Å². The average molecular weight is 318 g/mol. The maximum atomic E-state index is 12.8. The summed E-state index contributed by atoms with van der Waals surface area (Å²) in [7, 11) is 1.52. The molecule has 3 aliphatic rings. The summed E-state index contributed by atoms with van der Waals surface area (Å²) in [6.45, 7) is 1.85. The van der Waals surface area contributed by atoms with Gasteiger partial charge >= 0.3 is 0 Å². The predicted molar refractivity (Wildman–Crippen MR) is 83.0 cm³/mol. The van der Waals surface area contributed by atoms with E-state index < -0.39 is 0 Å². The van der Waals surface area contributed by atoms with Crippen molar-refractivity contribution in [3.05, 3.63) is 34.9 Å². The molecule has 1 saturated heterocycles. The van der Waals surface area contributed by atoms with Gasteiger partial charge in [-0.2, -0.15) is 0 Å². The number of ether oxygens (including phenoxy) is 1. The molecule has 2 bridgehead atoms. The van der Waals surface area contributed by atoms with E-state index in [0.29, 0.717) is 16.5 Å². The lowest BCUT2D eigenvalue weighted by molar-refractivity contribution is -0.123. The van der Waals surface area contributed by atoms with E-state index >= 15 is 0 Å². The number of halogens is 1. The van der Waals surface area contributed by atoms with Gasteiger partial charge in [0.2, 0.25) is 11.8 Å². The van der Waals surface area contributed by atoms with E-state index in [1.807, 2.05) is 6.92 Å². The Morgan fingerprint density at radius 1 is 1.14 bits per heavy atom. The zero-order chi connectivity index (χ0) is 15.6. The Bertz CT molecular complexity index is 697. The maximum absolute atomic E-state index is 12.8. The molecule has 0 spiro atoms. The van der Waals surface area contributed by atoms with E-state index in [9.17, 15) is 9.59 Å². The van der Waals surface area contributed by atoms with Crippen LogP contribution >= 0.6 is 11.6 Å². The Morgan fingerprint density at radius 2 is 1.73 bits per heavy atom. The molecule has 4 rings (SSSR count). The van der Waals surface area contributed by atoms with Crippen LogP contribution in [0.15, 0.2) is 24.3 Å². The number of nitrogens with zero attached hydrogens (tertiary/aromatic N) is 1. The quantitative estimate of drug-likeness (QED) is 0.622. The first-order chi connectivity index (χ1) is 10.5. The second-order valence-electron chi connectivity index (χ2n) is 6.29. The minimum Gasteiger partial charge on any atom is -0.495 e. The molecule has 1 saturated carbocycles. The summed E-state index contributed by atoms with van der Waals surface area (Å²) in [6.07, 6.45) is 5.10. The van der Waals surface area contributed by atoms with E-state index in [-0.39, 0.29) is 35.5 Å². The summed E-state index contributed by atoms with van der Waals surface area (Å²) < 4.78 is 5.34. The molecule has 0 N–H and O–H groups in total. The fraction of sp³-hybridized carbons (Fsp3) is 0.412. The number of carbonyl (C=O) groups excluding carboxylic acids is 2. The number of anilines is 1. The van der Waals surface area contributed by atoms with Gasteiger partial charge in [-0.15, -0.1) is 0 Å². The highest BCUT2D eigenvalue weighted by atomic mass is 35.5. The van der Waals surface area contributed by atoms with Gasteiger partial charge in [-0.1, -0.05) is 23.8 Å². The lowest BCUT2D eigenvalue weighted by Crippen LogP contribution is -2.33. The monoisotopic (exact) mass is 317 g/mol. The van der Waals surface area contributed by atoms with Crippen molar-refractivity contribution in [1.82, 2.24) is 0 Å². The fourth-order valence-electron chi connectivity index (χ4n) is 4.13. The number of amides is 2. The van der Waals surface area contributed by atoms with Crippen molar-refractivity contribution in [3.63, 3.8) is 0 Å². The molecular formula is C17H16ClNO3. The van der Waals surface area contributed by atoms with Crippen LogP contribution in [0.5, 0.6) is 5.75 Å². The number of hydrogen-bond donors (Lipinski definition) is 0. The number of allylic oxidation sites excluding steroid dienone is 2. The number of rotatable bonds is 2. The molecule has 5 heteroatoms. The van der Waals surface area contributed by atoms with E-state index in [0.717, 1.165) is 12.0 Å². The van der Waals surface area contributed by atoms with Crippen LogP contribution in [0, 0.1) is 30.6 Å². The average Bonchev–Trinajstić information content (AvgIpc) is 3.16. The van der Waals surface area contributed by atoms with Crippen molar-refractivity contribution in [3.8, 4) is 5.75 Å². The Morgan fingerprint density at radius 3 is 2.27 bits per heavy atom. The van der Waals surface area contributed by atoms with Crippen molar-refractivity contribution in [2.24, 2.45) is 23.7 Å². The second-order valence-corrected chi connectivity index (χ2v) is 6.69. The van der Waals surface area contributed by atoms with Gasteiger partial charge in [-0.25, -0.2) is 4.90 Å². The third-order valence-electron chi connectivity index (χ3n) is 5.17. The molecular weight excluding hydrogens is 302 g/mol. The van der Waals surface area contributed by atoms with E-state index in [1.54, 1.807) is 12.1 Å². The molecule has 22 heavy (non-hydrogen) atoms. The molecule has 1 aromatic rings. The summed E-state index contributed by atoms with van der Waals surface area (Å²) >= 11 is 6.12. The molecule has 2 fully saturated rings. The number of carbonyl (C=O) groups is 2. The Hall–Kier alpha value is -1.81. The van der Waals surface area contributed by atoms with Gasteiger partial charge in [-0.05, 0) is 36.8 Å². The van der Waals surface area contributed by atoms with Crippen molar-refractivity contribution in [2.75, 3.05) is 12.0 Å². The minimum absolute atomic E-state index is 0.105. The van der Waals surface area contributed by atoms with Crippen LogP contribution in [0.1, 0.15) is 12.0 Å². The normalized spacial score (nSPS) is 32.0. The minimum atomic E-state index is -0.205. The standard InChI is InChI=1S/C17H16ClNO3/c1-8-5-12(13(22-2)7-11(8)18)19-16(20)14-9-3-4-10(6-9)15(14)17(19)21/h3-5,7,9-10,14-15H,6H2,1-2H3. The molecule has 1 heterocycles. The molecule has 0 radical (unpaired) electrons. The molecule has 2 aliphatic carbocycles. The Kier molecular flexibility index (Phi) is 2.89. The Balaban J connectivity index is 1.80. The number of aryl methyl sites for hydroxylation is 1. The van der Waals surface area contributed by atoms with Crippen molar-refractivity contribution >= 4 is 29.1 Å². The van der Waals surface area contributed by atoms with Crippen LogP contribution in [0.2, 0.25) is 5.02 Å². The highest BCUT2D eigenvalue weighted by molar-refractivity contribution is 6.32. The van der Waals surface area contributed by atoms with Crippen molar-refractivity contribution in [2.45, 2.75) is 13.3 Å². The first-order valence-electron chi connectivity index (χ1n) is 7.43. The number of hydrogen-bond acceptors (Lipinski definition) is 3. The predicted octanol–water partition coefficient (Wildman–Crippen LogP) is 2.97. The van der Waals surface area contributed by atoms with Gasteiger partial charge < -0.3 is 4.74 Å². The zero-order valence-electron chi connectivity index (χ0n) is 12.4. The largest absolute Gasteiger partial charge is 0.495 e. The zero-order valence-corrected chi connectivity index (χ0v) is 13.1. The molecule has 114 valence electrons. The SMILES string of the molecule is COc1cc(Cl)c(C)cc1N1C(=O)C2C3C=CC(C3)C2C1=O. The first kappa shape index (κ1) is 13.8. The summed E-state index contributed by atoms with van der Waals surface area (Å²) in [4.78, 5) is 27.0. The molecule has 0 aromatic heterocycles. The maximum Gasteiger partial charge on any atom is 0.238 e. The topological polar surface area (TPSA) is 46.6 Å². The van der Waals surface area contributed by atoms with E-state index in [2.05, 4.69) is 12.2 Å². The van der Waals surface area contributed by atoms with Gasteiger partial charge in [0, 0.05) is 11.1 Å². The van der Waals surface area contributed by atoms with Crippen molar-refractivity contribution in [1.29, 1.82) is 0 Å². The lowest BCUT2D eigenvalue weighted by Gasteiger charge is -2.20. The Labute approximate surface area is 133 Å². The third-order valence-corrected chi connectivity index (χ3v) is 5.58. The number of benzene rings is 1. The van der Waals surface area contributed by atoms with Gasteiger partial charge in [0.15, 0.2) is 0 Å². The van der Waals surface area contributed by atoms with Crippen molar-refractivity contribution < 1.29 is 14.3 Å². The summed E-state index contributed by atoms with van der Waals surface area (Å²) in [5, 5.41) is 0.557. The van der Waals surface area contributed by atoms with Crippen LogP contribution in [0.3, 0.4) is 0 Å². The molecule has 4 unspecified atom stereocenters. The van der Waals surface area contributed by atoms with E-state index in [1.165, 1.54) is 12.0 Å². The molecule has 4 nitrogen and oxygen atoms in total.